The minimum absolute atomic E-state index is 0.0105. The number of rotatable bonds is 3. The van der Waals surface area contributed by atoms with Gasteiger partial charge in [-0.25, -0.2) is 0 Å². The SMILES string of the molecule is Cc1ccc(N2CC(C(=O)NCC#Cc3cccc(C(F)(F)F)c3)CC2=O)cc1C. The number of nitrogens with zero attached hydrogens (tertiary/aromatic N) is 1. The molecule has 0 aromatic heterocycles. The van der Waals surface area contributed by atoms with E-state index in [0.717, 1.165) is 28.9 Å². The van der Waals surface area contributed by atoms with Crippen molar-refractivity contribution in [2.24, 2.45) is 5.92 Å². The standard InChI is InChI=1S/C23H21F3N2O2/c1-15-8-9-20(11-16(15)2)28-14-18(13-21(28)29)22(30)27-10-4-6-17-5-3-7-19(12-17)23(24,25)26/h3,5,7-9,11-12,18H,10,13-14H2,1-2H3,(H,27,30). The third-order valence-electron chi connectivity index (χ3n) is 5.07. The van der Waals surface area contributed by atoms with E-state index in [1.807, 2.05) is 32.0 Å². The number of alkyl halides is 3. The smallest absolute Gasteiger partial charge is 0.345 e. The Kier molecular flexibility index (Phi) is 6.16. The first-order chi connectivity index (χ1) is 14.1. The molecule has 3 rings (SSSR count). The molecule has 1 fully saturated rings. The van der Waals surface area contributed by atoms with Crippen LogP contribution in [0.4, 0.5) is 18.9 Å². The number of hydrogen-bond acceptors (Lipinski definition) is 2. The Bertz CT molecular complexity index is 1030. The van der Waals surface area contributed by atoms with Crippen LogP contribution in [0.1, 0.15) is 28.7 Å². The highest BCUT2D eigenvalue weighted by molar-refractivity contribution is 6.00. The van der Waals surface area contributed by atoms with Crippen LogP contribution < -0.4 is 10.2 Å². The molecule has 0 aliphatic carbocycles. The van der Waals surface area contributed by atoms with Crippen molar-refractivity contribution >= 4 is 17.5 Å². The molecule has 0 saturated carbocycles. The number of amides is 2. The molecular weight excluding hydrogens is 393 g/mol. The first-order valence-corrected chi connectivity index (χ1v) is 9.46. The highest BCUT2D eigenvalue weighted by Crippen LogP contribution is 2.29. The lowest BCUT2D eigenvalue weighted by molar-refractivity contribution is -0.137. The molecule has 1 N–H and O–H groups in total. The molecule has 1 aliphatic rings. The Labute approximate surface area is 173 Å². The van der Waals surface area contributed by atoms with Crippen molar-refractivity contribution in [2.75, 3.05) is 18.0 Å². The Morgan fingerprint density at radius 1 is 1.17 bits per heavy atom. The molecule has 2 amide bonds. The van der Waals surface area contributed by atoms with Gasteiger partial charge in [-0.15, -0.1) is 0 Å². The van der Waals surface area contributed by atoms with E-state index in [4.69, 9.17) is 0 Å². The predicted octanol–water partition coefficient (Wildman–Crippen LogP) is 3.84. The summed E-state index contributed by atoms with van der Waals surface area (Å²) in [5, 5.41) is 2.64. The van der Waals surface area contributed by atoms with Crippen LogP contribution in [0.25, 0.3) is 0 Å². The van der Waals surface area contributed by atoms with Gasteiger partial charge in [0, 0.05) is 24.2 Å². The van der Waals surface area contributed by atoms with Crippen LogP contribution >= 0.6 is 0 Å². The van der Waals surface area contributed by atoms with Crippen molar-refractivity contribution in [1.82, 2.24) is 5.32 Å². The number of carbonyl (C=O) groups excluding carboxylic acids is 2. The van der Waals surface area contributed by atoms with Gasteiger partial charge in [-0.3, -0.25) is 9.59 Å². The van der Waals surface area contributed by atoms with E-state index < -0.39 is 17.7 Å². The minimum atomic E-state index is -4.43. The van der Waals surface area contributed by atoms with E-state index in [2.05, 4.69) is 17.2 Å². The normalized spacial score (nSPS) is 16.2. The zero-order chi connectivity index (χ0) is 21.9. The number of carbonyl (C=O) groups is 2. The lowest BCUT2D eigenvalue weighted by Crippen LogP contribution is -2.33. The Morgan fingerprint density at radius 3 is 2.63 bits per heavy atom. The lowest BCUT2D eigenvalue weighted by atomic mass is 10.1. The molecule has 1 unspecified atom stereocenters. The van der Waals surface area contributed by atoms with Crippen LogP contribution in [-0.2, 0) is 15.8 Å². The monoisotopic (exact) mass is 414 g/mol. The number of benzene rings is 2. The van der Waals surface area contributed by atoms with Gasteiger partial charge in [0.25, 0.3) is 0 Å². The number of halogens is 3. The van der Waals surface area contributed by atoms with Gasteiger partial charge >= 0.3 is 6.18 Å². The number of hydrogen-bond donors (Lipinski definition) is 1. The largest absolute Gasteiger partial charge is 0.416 e. The second-order valence-corrected chi connectivity index (χ2v) is 7.27. The fourth-order valence-corrected chi connectivity index (χ4v) is 3.22. The Morgan fingerprint density at radius 2 is 1.93 bits per heavy atom. The van der Waals surface area contributed by atoms with Gasteiger partial charge in [0.1, 0.15) is 0 Å². The van der Waals surface area contributed by atoms with Gasteiger partial charge in [-0.2, -0.15) is 13.2 Å². The molecular formula is C23H21F3N2O2. The van der Waals surface area contributed by atoms with Crippen LogP contribution in [0.2, 0.25) is 0 Å². The Hall–Kier alpha value is -3.27. The summed E-state index contributed by atoms with van der Waals surface area (Å²) < 4.78 is 38.2. The van der Waals surface area contributed by atoms with Crippen molar-refractivity contribution in [3.05, 3.63) is 64.7 Å². The molecule has 0 spiro atoms. The van der Waals surface area contributed by atoms with Crippen LogP contribution in [0.15, 0.2) is 42.5 Å². The highest BCUT2D eigenvalue weighted by Gasteiger charge is 2.35. The minimum Gasteiger partial charge on any atom is -0.345 e. The van der Waals surface area contributed by atoms with Crippen molar-refractivity contribution in [1.29, 1.82) is 0 Å². The summed E-state index contributed by atoms with van der Waals surface area (Å²) in [7, 11) is 0. The Balaban J connectivity index is 1.57. The molecule has 1 saturated heterocycles. The van der Waals surface area contributed by atoms with Gasteiger partial charge in [0.05, 0.1) is 18.0 Å². The molecule has 30 heavy (non-hydrogen) atoms. The third kappa shape index (κ3) is 5.01. The van der Waals surface area contributed by atoms with Crippen LogP contribution in [0.3, 0.4) is 0 Å². The maximum absolute atomic E-state index is 12.7. The lowest BCUT2D eigenvalue weighted by Gasteiger charge is -2.17. The van der Waals surface area contributed by atoms with Gasteiger partial charge in [-0.1, -0.05) is 24.0 Å². The zero-order valence-corrected chi connectivity index (χ0v) is 16.6. The van der Waals surface area contributed by atoms with Gasteiger partial charge in [0.15, 0.2) is 0 Å². The van der Waals surface area contributed by atoms with E-state index in [9.17, 15) is 22.8 Å². The van der Waals surface area contributed by atoms with Crippen molar-refractivity contribution in [3.8, 4) is 11.8 Å². The molecule has 4 nitrogen and oxygen atoms in total. The summed E-state index contributed by atoms with van der Waals surface area (Å²) in [6.07, 6.45) is -4.32. The summed E-state index contributed by atoms with van der Waals surface area (Å²) in [6, 6.07) is 10.4. The molecule has 2 aromatic carbocycles. The molecule has 156 valence electrons. The van der Waals surface area contributed by atoms with Crippen LogP contribution in [0, 0.1) is 31.6 Å². The van der Waals surface area contributed by atoms with Crippen molar-refractivity contribution in [3.63, 3.8) is 0 Å². The summed E-state index contributed by atoms with van der Waals surface area (Å²) in [5.41, 5.74) is 2.41. The molecule has 1 atom stereocenters. The van der Waals surface area contributed by atoms with Crippen molar-refractivity contribution in [2.45, 2.75) is 26.4 Å². The number of anilines is 1. The van der Waals surface area contributed by atoms with Crippen molar-refractivity contribution < 1.29 is 22.8 Å². The first-order valence-electron chi connectivity index (χ1n) is 9.46. The number of aryl methyl sites for hydroxylation is 2. The van der Waals surface area contributed by atoms with Crippen LogP contribution in [0.5, 0.6) is 0 Å². The molecule has 7 heteroatoms. The topological polar surface area (TPSA) is 49.4 Å². The highest BCUT2D eigenvalue weighted by atomic mass is 19.4. The summed E-state index contributed by atoms with van der Waals surface area (Å²) in [5.74, 6) is 4.36. The second kappa shape index (κ2) is 8.62. The molecule has 1 aliphatic heterocycles. The zero-order valence-electron chi connectivity index (χ0n) is 16.6. The van der Waals surface area contributed by atoms with E-state index in [0.29, 0.717) is 0 Å². The summed E-state index contributed by atoms with van der Waals surface area (Å²) in [6.45, 7) is 4.23. The average Bonchev–Trinajstić information content (AvgIpc) is 3.08. The fraction of sp³-hybridized carbons (Fsp3) is 0.304. The third-order valence-corrected chi connectivity index (χ3v) is 5.07. The molecule has 0 radical (unpaired) electrons. The molecule has 0 bridgehead atoms. The number of nitrogens with one attached hydrogen (secondary N) is 1. The van der Waals surface area contributed by atoms with E-state index in [-0.39, 0.29) is 36.9 Å². The maximum Gasteiger partial charge on any atom is 0.416 e. The molecule has 1 heterocycles. The second-order valence-electron chi connectivity index (χ2n) is 7.27. The van der Waals surface area contributed by atoms with E-state index in [1.54, 1.807) is 4.90 Å². The van der Waals surface area contributed by atoms with E-state index >= 15 is 0 Å². The predicted molar refractivity (Wildman–Crippen MR) is 108 cm³/mol. The maximum atomic E-state index is 12.7. The van der Waals surface area contributed by atoms with E-state index in [1.165, 1.54) is 12.1 Å². The van der Waals surface area contributed by atoms with Gasteiger partial charge in [0.2, 0.25) is 11.8 Å². The quantitative estimate of drug-likeness (QED) is 0.776. The first kappa shape index (κ1) is 21.4. The van der Waals surface area contributed by atoms with Crippen LogP contribution in [-0.4, -0.2) is 24.9 Å². The van der Waals surface area contributed by atoms with Gasteiger partial charge in [-0.05, 0) is 55.3 Å². The average molecular weight is 414 g/mol. The fourth-order valence-electron chi connectivity index (χ4n) is 3.22. The summed E-state index contributed by atoms with van der Waals surface area (Å²) >= 11 is 0. The van der Waals surface area contributed by atoms with Gasteiger partial charge < -0.3 is 10.2 Å². The molecule has 2 aromatic rings. The summed E-state index contributed by atoms with van der Waals surface area (Å²) in [4.78, 5) is 26.3.